The van der Waals surface area contributed by atoms with Crippen molar-refractivity contribution >= 4 is 33.0 Å². The number of piperazine rings is 1. The van der Waals surface area contributed by atoms with E-state index in [0.717, 1.165) is 43.4 Å². The van der Waals surface area contributed by atoms with Crippen molar-refractivity contribution in [1.82, 2.24) is 14.3 Å². The molecule has 3 aromatic heterocycles. The Labute approximate surface area is 127 Å². The Bertz CT molecular complexity index is 780. The van der Waals surface area contributed by atoms with E-state index in [4.69, 9.17) is 4.98 Å². The average Bonchev–Trinajstić information content (AvgIpc) is 3.16. The summed E-state index contributed by atoms with van der Waals surface area (Å²) in [5.41, 5.74) is 2.41. The monoisotopic (exact) mass is 298 g/mol. The van der Waals surface area contributed by atoms with Crippen molar-refractivity contribution in [3.05, 3.63) is 42.4 Å². The van der Waals surface area contributed by atoms with E-state index >= 15 is 0 Å². The van der Waals surface area contributed by atoms with E-state index < -0.39 is 0 Å². The number of anilines is 1. The first-order chi connectivity index (χ1) is 10.4. The van der Waals surface area contributed by atoms with Crippen LogP contribution in [0.15, 0.2) is 42.4 Å². The third-order valence-corrected chi connectivity index (χ3v) is 4.92. The summed E-state index contributed by atoms with van der Waals surface area (Å²) in [6.07, 6.45) is 4.11. The highest BCUT2D eigenvalue weighted by atomic mass is 32.1. The number of hydrogen-bond acceptors (Lipinski definition) is 4. The molecule has 21 heavy (non-hydrogen) atoms. The molecular formula is C16H18N4S. The van der Waals surface area contributed by atoms with Gasteiger partial charge in [0.25, 0.3) is 0 Å². The molecule has 0 aliphatic carbocycles. The van der Waals surface area contributed by atoms with Crippen LogP contribution in [0.2, 0.25) is 0 Å². The van der Waals surface area contributed by atoms with E-state index in [2.05, 4.69) is 50.6 Å². The summed E-state index contributed by atoms with van der Waals surface area (Å²) in [6, 6.07) is 6.41. The van der Waals surface area contributed by atoms with Gasteiger partial charge in [0.2, 0.25) is 0 Å². The largest absolute Gasteiger partial charge is 0.352 e. The zero-order valence-corrected chi connectivity index (χ0v) is 12.7. The molecule has 0 spiro atoms. The molecule has 0 unspecified atom stereocenters. The predicted molar refractivity (Wildman–Crippen MR) is 89.4 cm³/mol. The second kappa shape index (κ2) is 5.16. The molecule has 0 aromatic carbocycles. The van der Waals surface area contributed by atoms with Gasteiger partial charge in [-0.1, -0.05) is 6.08 Å². The summed E-state index contributed by atoms with van der Waals surface area (Å²) in [5, 5.41) is 2.11. The predicted octanol–water partition coefficient (Wildman–Crippen LogP) is 2.86. The van der Waals surface area contributed by atoms with Gasteiger partial charge >= 0.3 is 0 Å². The van der Waals surface area contributed by atoms with E-state index in [0.29, 0.717) is 0 Å². The van der Waals surface area contributed by atoms with Crippen LogP contribution in [0.4, 0.5) is 5.82 Å². The minimum absolute atomic E-state index is 0.978. The number of aromatic nitrogens is 2. The Balaban J connectivity index is 1.72. The Morgan fingerprint density at radius 3 is 2.86 bits per heavy atom. The van der Waals surface area contributed by atoms with Crippen LogP contribution in [0.1, 0.15) is 0 Å². The lowest BCUT2D eigenvalue weighted by molar-refractivity contribution is 0.284. The van der Waals surface area contributed by atoms with Crippen LogP contribution in [-0.2, 0) is 0 Å². The van der Waals surface area contributed by atoms with Crippen molar-refractivity contribution < 1.29 is 0 Å². The van der Waals surface area contributed by atoms with Crippen LogP contribution in [0, 0.1) is 0 Å². The molecule has 5 heteroatoms. The molecule has 4 nitrogen and oxygen atoms in total. The minimum atomic E-state index is 0.978. The van der Waals surface area contributed by atoms with Crippen LogP contribution in [-0.4, -0.2) is 47.0 Å². The molecule has 4 rings (SSSR count). The fourth-order valence-electron chi connectivity index (χ4n) is 3.05. The van der Waals surface area contributed by atoms with Crippen LogP contribution >= 0.6 is 11.3 Å². The standard InChI is InChI=1S/C16H18N4S/c1-2-6-18-8-10-19(11-9-18)15-13-4-3-7-20(13)14-5-12-21-16(14)17-15/h2-5,7,12H,1,6,8-11H2. The lowest BCUT2D eigenvalue weighted by Crippen LogP contribution is -2.46. The van der Waals surface area contributed by atoms with Crippen LogP contribution in [0.25, 0.3) is 15.9 Å². The molecule has 108 valence electrons. The van der Waals surface area contributed by atoms with Crippen LogP contribution in [0.3, 0.4) is 0 Å². The zero-order valence-electron chi connectivity index (χ0n) is 11.9. The maximum atomic E-state index is 4.92. The zero-order chi connectivity index (χ0) is 14.2. The third kappa shape index (κ3) is 2.13. The highest BCUT2D eigenvalue weighted by Gasteiger charge is 2.20. The van der Waals surface area contributed by atoms with Gasteiger partial charge in [-0.05, 0) is 23.6 Å². The number of fused-ring (bicyclic) bond motifs is 3. The second-order valence-corrected chi connectivity index (χ2v) is 6.28. The molecule has 1 fully saturated rings. The van der Waals surface area contributed by atoms with Crippen molar-refractivity contribution in [2.24, 2.45) is 0 Å². The highest BCUT2D eigenvalue weighted by Crippen LogP contribution is 2.28. The normalized spacial score (nSPS) is 16.9. The fraction of sp³-hybridized carbons (Fsp3) is 0.312. The van der Waals surface area contributed by atoms with E-state index in [1.165, 1.54) is 11.0 Å². The lowest BCUT2D eigenvalue weighted by Gasteiger charge is -2.35. The summed E-state index contributed by atoms with van der Waals surface area (Å²) in [7, 11) is 0. The second-order valence-electron chi connectivity index (χ2n) is 5.39. The summed E-state index contributed by atoms with van der Waals surface area (Å²) < 4.78 is 2.25. The van der Waals surface area contributed by atoms with Gasteiger partial charge < -0.3 is 9.30 Å². The Morgan fingerprint density at radius 1 is 1.19 bits per heavy atom. The topological polar surface area (TPSA) is 23.8 Å². The molecule has 0 amide bonds. The van der Waals surface area contributed by atoms with E-state index in [9.17, 15) is 0 Å². The lowest BCUT2D eigenvalue weighted by atomic mass is 10.3. The van der Waals surface area contributed by atoms with Gasteiger partial charge in [-0.3, -0.25) is 4.90 Å². The minimum Gasteiger partial charge on any atom is -0.352 e. The van der Waals surface area contributed by atoms with Crippen LogP contribution < -0.4 is 4.90 Å². The molecule has 3 aromatic rings. The molecule has 0 radical (unpaired) electrons. The van der Waals surface area contributed by atoms with Gasteiger partial charge in [0.05, 0.1) is 11.0 Å². The van der Waals surface area contributed by atoms with E-state index in [1.807, 2.05) is 6.08 Å². The first-order valence-corrected chi connectivity index (χ1v) is 8.17. The van der Waals surface area contributed by atoms with Gasteiger partial charge in [0, 0.05) is 38.9 Å². The molecule has 0 atom stereocenters. The molecule has 0 bridgehead atoms. The quantitative estimate of drug-likeness (QED) is 0.695. The highest BCUT2D eigenvalue weighted by molar-refractivity contribution is 7.16. The van der Waals surface area contributed by atoms with Crippen molar-refractivity contribution in [1.29, 1.82) is 0 Å². The molecule has 1 saturated heterocycles. The summed E-state index contributed by atoms with van der Waals surface area (Å²) >= 11 is 1.71. The van der Waals surface area contributed by atoms with Gasteiger partial charge in [-0.2, -0.15) is 0 Å². The molecular weight excluding hydrogens is 280 g/mol. The number of hydrogen-bond donors (Lipinski definition) is 0. The smallest absolute Gasteiger partial charge is 0.154 e. The number of nitrogens with zero attached hydrogens (tertiary/aromatic N) is 4. The molecule has 0 N–H and O–H groups in total. The maximum absolute atomic E-state index is 4.92. The van der Waals surface area contributed by atoms with E-state index in [-0.39, 0.29) is 0 Å². The van der Waals surface area contributed by atoms with Crippen molar-refractivity contribution in [3.8, 4) is 0 Å². The molecule has 0 saturated carbocycles. The molecule has 1 aliphatic heterocycles. The summed E-state index contributed by atoms with van der Waals surface area (Å²) in [5.74, 6) is 1.12. The van der Waals surface area contributed by atoms with Crippen molar-refractivity contribution in [3.63, 3.8) is 0 Å². The first kappa shape index (κ1) is 12.9. The number of thiophene rings is 1. The molecule has 1 aliphatic rings. The maximum Gasteiger partial charge on any atom is 0.154 e. The van der Waals surface area contributed by atoms with Crippen molar-refractivity contribution in [2.75, 3.05) is 37.6 Å². The van der Waals surface area contributed by atoms with Gasteiger partial charge in [-0.25, -0.2) is 4.98 Å². The summed E-state index contributed by atoms with van der Waals surface area (Å²) in [6.45, 7) is 9.00. The summed E-state index contributed by atoms with van der Waals surface area (Å²) in [4.78, 5) is 10.9. The van der Waals surface area contributed by atoms with Gasteiger partial charge in [-0.15, -0.1) is 17.9 Å². The van der Waals surface area contributed by atoms with Gasteiger partial charge in [0.15, 0.2) is 5.82 Å². The van der Waals surface area contributed by atoms with Crippen molar-refractivity contribution in [2.45, 2.75) is 0 Å². The third-order valence-electron chi connectivity index (χ3n) is 4.13. The molecule has 4 heterocycles. The number of rotatable bonds is 3. The van der Waals surface area contributed by atoms with Crippen LogP contribution in [0.5, 0.6) is 0 Å². The average molecular weight is 298 g/mol. The fourth-order valence-corrected chi connectivity index (χ4v) is 3.80. The Morgan fingerprint density at radius 2 is 2.05 bits per heavy atom. The Kier molecular flexibility index (Phi) is 3.16. The first-order valence-electron chi connectivity index (χ1n) is 7.29. The van der Waals surface area contributed by atoms with Gasteiger partial charge in [0.1, 0.15) is 4.83 Å². The van der Waals surface area contributed by atoms with E-state index in [1.54, 1.807) is 11.3 Å². The Hall–Kier alpha value is -1.85. The SMILES string of the molecule is C=CCN1CCN(c2nc3sccc3n3cccc23)CC1.